The number of rotatable bonds is 8. The lowest BCUT2D eigenvalue weighted by Gasteiger charge is -2.31. The molecule has 0 aliphatic carbocycles. The second kappa shape index (κ2) is 8.75. The van der Waals surface area contributed by atoms with Crippen molar-refractivity contribution in [3.8, 4) is 17.2 Å². The summed E-state index contributed by atoms with van der Waals surface area (Å²) < 4.78 is 44.6. The molecule has 0 radical (unpaired) electrons. The van der Waals surface area contributed by atoms with Crippen molar-refractivity contribution >= 4 is 15.8 Å². The first-order valence-electron chi connectivity index (χ1n) is 8.67. The second-order valence-electron chi connectivity index (χ2n) is 5.84. The lowest BCUT2D eigenvalue weighted by Crippen LogP contribution is -2.45. The summed E-state index contributed by atoms with van der Waals surface area (Å²) in [6, 6.07) is 3.61. The van der Waals surface area contributed by atoms with Crippen molar-refractivity contribution in [2.75, 3.05) is 47.5 Å². The standard InChI is InChI=1S/C18H28N2O5S/c1-6-19(7-2)26(21,22)20-10-8-14(9-11-20)18-16(24-4)12-15(23-3)13-17(18)25-5/h8,12-13H,6-7,9-11H2,1-5H3. The minimum absolute atomic E-state index is 0.326. The van der Waals surface area contributed by atoms with Crippen LogP contribution in [0.2, 0.25) is 0 Å². The van der Waals surface area contributed by atoms with Crippen LogP contribution in [0.4, 0.5) is 0 Å². The summed E-state index contributed by atoms with van der Waals surface area (Å²) in [6.07, 6.45) is 2.51. The van der Waals surface area contributed by atoms with E-state index < -0.39 is 10.2 Å². The zero-order valence-corrected chi connectivity index (χ0v) is 16.9. The zero-order chi connectivity index (χ0) is 19.3. The van der Waals surface area contributed by atoms with Crippen molar-refractivity contribution in [3.63, 3.8) is 0 Å². The maximum atomic E-state index is 12.7. The van der Waals surface area contributed by atoms with Crippen LogP contribution in [0.3, 0.4) is 0 Å². The largest absolute Gasteiger partial charge is 0.496 e. The van der Waals surface area contributed by atoms with Crippen LogP contribution in [0.15, 0.2) is 18.2 Å². The van der Waals surface area contributed by atoms with Crippen LogP contribution >= 0.6 is 0 Å². The van der Waals surface area contributed by atoms with Gasteiger partial charge >= 0.3 is 0 Å². The van der Waals surface area contributed by atoms with Gasteiger partial charge in [0.1, 0.15) is 17.2 Å². The summed E-state index contributed by atoms with van der Waals surface area (Å²) in [5, 5.41) is 0. The van der Waals surface area contributed by atoms with Gasteiger partial charge in [0.25, 0.3) is 10.2 Å². The highest BCUT2D eigenvalue weighted by Crippen LogP contribution is 2.41. The van der Waals surface area contributed by atoms with Gasteiger partial charge in [0.2, 0.25) is 0 Å². The van der Waals surface area contributed by atoms with Crippen LogP contribution in [0.1, 0.15) is 25.8 Å². The van der Waals surface area contributed by atoms with Crippen LogP contribution in [0.5, 0.6) is 17.2 Å². The monoisotopic (exact) mass is 384 g/mol. The molecule has 0 fully saturated rings. The molecule has 0 aromatic heterocycles. The molecule has 7 nitrogen and oxygen atoms in total. The normalized spacial score (nSPS) is 15.7. The van der Waals surface area contributed by atoms with E-state index in [1.807, 2.05) is 19.9 Å². The van der Waals surface area contributed by atoms with Crippen molar-refractivity contribution in [3.05, 3.63) is 23.8 Å². The Kier molecular flexibility index (Phi) is 6.91. The van der Waals surface area contributed by atoms with Gasteiger partial charge in [0.15, 0.2) is 0 Å². The Morgan fingerprint density at radius 2 is 1.62 bits per heavy atom. The molecule has 0 saturated carbocycles. The van der Waals surface area contributed by atoms with Crippen molar-refractivity contribution in [1.29, 1.82) is 0 Å². The summed E-state index contributed by atoms with van der Waals surface area (Å²) in [6.45, 7) is 5.37. The first-order chi connectivity index (χ1) is 12.4. The second-order valence-corrected chi connectivity index (χ2v) is 7.76. The van der Waals surface area contributed by atoms with Gasteiger partial charge in [-0.1, -0.05) is 19.9 Å². The Morgan fingerprint density at radius 1 is 1.04 bits per heavy atom. The molecule has 1 aliphatic heterocycles. The molecule has 0 atom stereocenters. The SMILES string of the molecule is CCN(CC)S(=O)(=O)N1CC=C(c2c(OC)cc(OC)cc2OC)CC1. The van der Waals surface area contributed by atoms with Crippen molar-refractivity contribution < 1.29 is 22.6 Å². The van der Waals surface area contributed by atoms with Crippen LogP contribution in [0.25, 0.3) is 5.57 Å². The molecule has 0 N–H and O–H groups in total. The van der Waals surface area contributed by atoms with E-state index in [2.05, 4.69) is 0 Å². The van der Waals surface area contributed by atoms with E-state index in [0.29, 0.717) is 49.8 Å². The van der Waals surface area contributed by atoms with E-state index in [1.54, 1.807) is 33.5 Å². The Bertz CT molecular complexity index is 732. The van der Waals surface area contributed by atoms with Crippen LogP contribution in [-0.4, -0.2) is 64.5 Å². The topological polar surface area (TPSA) is 68.3 Å². The molecule has 1 aromatic rings. The molecule has 0 amide bonds. The fourth-order valence-electron chi connectivity index (χ4n) is 3.12. The van der Waals surface area contributed by atoms with Crippen LogP contribution < -0.4 is 14.2 Å². The zero-order valence-electron chi connectivity index (χ0n) is 16.1. The highest BCUT2D eigenvalue weighted by molar-refractivity contribution is 7.86. The summed E-state index contributed by atoms with van der Waals surface area (Å²) in [5.74, 6) is 1.93. The maximum Gasteiger partial charge on any atom is 0.282 e. The van der Waals surface area contributed by atoms with E-state index in [-0.39, 0.29) is 0 Å². The van der Waals surface area contributed by atoms with E-state index in [0.717, 1.165) is 11.1 Å². The first kappa shape index (κ1) is 20.5. The minimum Gasteiger partial charge on any atom is -0.496 e. The molecule has 1 aromatic carbocycles. The fourth-order valence-corrected chi connectivity index (χ4v) is 4.69. The third-order valence-corrected chi connectivity index (χ3v) is 6.72. The number of hydrogen-bond acceptors (Lipinski definition) is 5. The van der Waals surface area contributed by atoms with Gasteiger partial charge in [-0.3, -0.25) is 0 Å². The van der Waals surface area contributed by atoms with E-state index >= 15 is 0 Å². The number of hydrogen-bond donors (Lipinski definition) is 0. The molecule has 1 heterocycles. The summed E-state index contributed by atoms with van der Waals surface area (Å²) >= 11 is 0. The molecule has 0 spiro atoms. The van der Waals surface area contributed by atoms with E-state index in [1.165, 1.54) is 8.61 Å². The quantitative estimate of drug-likeness (QED) is 0.688. The molecule has 2 rings (SSSR count). The Balaban J connectivity index is 2.35. The molecule has 0 unspecified atom stereocenters. The highest BCUT2D eigenvalue weighted by atomic mass is 32.2. The third kappa shape index (κ3) is 3.97. The van der Waals surface area contributed by atoms with Crippen LogP contribution in [0, 0.1) is 0 Å². The Hall–Kier alpha value is -1.77. The van der Waals surface area contributed by atoms with Gasteiger partial charge in [0.05, 0.1) is 26.9 Å². The number of benzene rings is 1. The van der Waals surface area contributed by atoms with Gasteiger partial charge in [-0.05, 0) is 12.0 Å². The maximum absolute atomic E-state index is 12.7. The molecular formula is C18H28N2O5S. The smallest absolute Gasteiger partial charge is 0.282 e. The lowest BCUT2D eigenvalue weighted by molar-refractivity contribution is 0.361. The fraction of sp³-hybridized carbons (Fsp3) is 0.556. The van der Waals surface area contributed by atoms with E-state index in [9.17, 15) is 8.42 Å². The Morgan fingerprint density at radius 3 is 2.00 bits per heavy atom. The average molecular weight is 384 g/mol. The first-order valence-corrected chi connectivity index (χ1v) is 10.1. The summed E-state index contributed by atoms with van der Waals surface area (Å²) in [5.41, 5.74) is 1.85. The van der Waals surface area contributed by atoms with Gasteiger partial charge in [-0.2, -0.15) is 17.0 Å². The third-order valence-electron chi connectivity index (χ3n) is 4.57. The molecule has 8 heteroatoms. The summed E-state index contributed by atoms with van der Waals surface area (Å²) in [4.78, 5) is 0. The summed E-state index contributed by atoms with van der Waals surface area (Å²) in [7, 11) is 1.35. The minimum atomic E-state index is -3.43. The highest BCUT2D eigenvalue weighted by Gasteiger charge is 2.30. The average Bonchev–Trinajstić information content (AvgIpc) is 2.67. The molecule has 1 aliphatic rings. The predicted molar refractivity (Wildman–Crippen MR) is 102 cm³/mol. The number of methoxy groups -OCH3 is 3. The van der Waals surface area contributed by atoms with Gasteiger partial charge in [-0.25, -0.2) is 0 Å². The van der Waals surface area contributed by atoms with Crippen molar-refractivity contribution in [1.82, 2.24) is 8.61 Å². The van der Waals surface area contributed by atoms with Gasteiger partial charge in [-0.15, -0.1) is 0 Å². The van der Waals surface area contributed by atoms with Gasteiger partial charge < -0.3 is 14.2 Å². The molecule has 0 bridgehead atoms. The predicted octanol–water partition coefficient (Wildman–Crippen LogP) is 2.39. The number of nitrogens with zero attached hydrogens (tertiary/aromatic N) is 2. The molecule has 146 valence electrons. The van der Waals surface area contributed by atoms with Crippen LogP contribution in [-0.2, 0) is 10.2 Å². The van der Waals surface area contributed by atoms with E-state index in [4.69, 9.17) is 14.2 Å². The number of ether oxygens (including phenoxy) is 3. The lowest BCUT2D eigenvalue weighted by atomic mass is 9.98. The van der Waals surface area contributed by atoms with Crippen molar-refractivity contribution in [2.45, 2.75) is 20.3 Å². The van der Waals surface area contributed by atoms with Gasteiger partial charge in [0, 0.05) is 38.3 Å². The Labute approximate surface area is 156 Å². The molecule has 26 heavy (non-hydrogen) atoms. The molecule has 0 saturated heterocycles. The molecular weight excluding hydrogens is 356 g/mol. The van der Waals surface area contributed by atoms with Crippen molar-refractivity contribution in [2.24, 2.45) is 0 Å².